The monoisotopic (exact) mass is 350 g/mol. The number of rotatable bonds is 5. The maximum absolute atomic E-state index is 12.6. The molecule has 1 aliphatic rings. The molecule has 0 aromatic heterocycles. The molecule has 2 atom stereocenters. The topological polar surface area (TPSA) is 52.9 Å². The molecular formula is C18H20Cl2N2O. The minimum Gasteiger partial charge on any atom is -0.348 e. The second-order valence-corrected chi connectivity index (χ2v) is 6.95. The molecule has 1 saturated carbocycles. The average molecular weight is 351 g/mol. The molecule has 0 radical (unpaired) electrons. The number of nitrogens with one attached hydrogen (secondary N) is 1. The fourth-order valence-corrected chi connectivity index (χ4v) is 3.89. The van der Waals surface area contributed by atoms with E-state index in [1.54, 1.807) is 24.3 Å². The molecule has 0 bridgehead atoms. The van der Waals surface area contributed by atoms with E-state index in [4.69, 9.17) is 23.2 Å². The molecule has 2 unspecified atom stereocenters. The van der Waals surface area contributed by atoms with Gasteiger partial charge in [0.15, 0.2) is 0 Å². The van der Waals surface area contributed by atoms with Gasteiger partial charge in [0.1, 0.15) is 5.92 Å². The lowest BCUT2D eigenvalue weighted by Gasteiger charge is -2.30. The summed E-state index contributed by atoms with van der Waals surface area (Å²) in [6.45, 7) is 5.70. The first-order valence-electron chi connectivity index (χ1n) is 7.72. The highest BCUT2D eigenvalue weighted by atomic mass is 35.5. The minimum absolute atomic E-state index is 0.271. The Bertz CT molecular complexity index is 645. The predicted molar refractivity (Wildman–Crippen MR) is 93.2 cm³/mol. The maximum atomic E-state index is 12.6. The van der Waals surface area contributed by atoms with Crippen molar-refractivity contribution in [2.24, 2.45) is 11.3 Å². The van der Waals surface area contributed by atoms with Gasteiger partial charge in [-0.25, -0.2) is 0 Å². The molecule has 0 heterocycles. The van der Waals surface area contributed by atoms with Gasteiger partial charge in [0, 0.05) is 15.5 Å². The van der Waals surface area contributed by atoms with Crippen LogP contribution in [0.2, 0.25) is 10.0 Å². The van der Waals surface area contributed by atoms with Crippen molar-refractivity contribution in [1.29, 1.82) is 5.26 Å². The first kappa shape index (κ1) is 17.8. The molecule has 0 saturated heterocycles. The van der Waals surface area contributed by atoms with Crippen LogP contribution in [0.1, 0.15) is 44.2 Å². The van der Waals surface area contributed by atoms with E-state index in [1.165, 1.54) is 0 Å². The number of amides is 1. The first-order valence-corrected chi connectivity index (χ1v) is 8.47. The Balaban J connectivity index is 2.16. The zero-order chi connectivity index (χ0) is 17.0. The number of benzene rings is 1. The summed E-state index contributed by atoms with van der Waals surface area (Å²) in [4.78, 5) is 12.6. The fourth-order valence-electron chi connectivity index (χ4n) is 3.32. The lowest BCUT2D eigenvalue weighted by Crippen LogP contribution is -2.40. The van der Waals surface area contributed by atoms with Crippen LogP contribution in [-0.4, -0.2) is 5.91 Å². The summed E-state index contributed by atoms with van der Waals surface area (Å²) in [6, 6.07) is 7.04. The van der Waals surface area contributed by atoms with Gasteiger partial charge in [-0.3, -0.25) is 4.79 Å². The average Bonchev–Trinajstić information content (AvgIpc) is 2.97. The van der Waals surface area contributed by atoms with E-state index < -0.39 is 11.3 Å². The van der Waals surface area contributed by atoms with Crippen molar-refractivity contribution in [2.45, 2.75) is 38.6 Å². The molecule has 0 aliphatic heterocycles. The summed E-state index contributed by atoms with van der Waals surface area (Å²) in [5, 5.41) is 13.5. The van der Waals surface area contributed by atoms with Gasteiger partial charge in [-0.15, -0.1) is 6.58 Å². The second kappa shape index (κ2) is 7.38. The van der Waals surface area contributed by atoms with Crippen molar-refractivity contribution in [3.8, 4) is 6.07 Å². The van der Waals surface area contributed by atoms with E-state index in [1.807, 2.05) is 6.92 Å². The number of carbonyl (C=O) groups excluding carboxylic acids is 1. The van der Waals surface area contributed by atoms with Gasteiger partial charge in [0.2, 0.25) is 5.91 Å². The Morgan fingerprint density at radius 3 is 2.61 bits per heavy atom. The molecule has 23 heavy (non-hydrogen) atoms. The van der Waals surface area contributed by atoms with Gasteiger partial charge in [-0.05, 0) is 37.5 Å². The zero-order valence-electron chi connectivity index (χ0n) is 13.1. The van der Waals surface area contributed by atoms with Crippen LogP contribution in [0.3, 0.4) is 0 Å². The van der Waals surface area contributed by atoms with Crippen LogP contribution in [-0.2, 0) is 4.79 Å². The molecule has 5 heteroatoms. The summed E-state index contributed by atoms with van der Waals surface area (Å²) in [6.07, 6.45) is 5.50. The van der Waals surface area contributed by atoms with Gasteiger partial charge < -0.3 is 5.32 Å². The first-order chi connectivity index (χ1) is 10.9. The number of nitrogens with zero attached hydrogens (tertiary/aromatic N) is 1. The van der Waals surface area contributed by atoms with Crippen molar-refractivity contribution in [3.63, 3.8) is 0 Å². The molecule has 2 rings (SSSR count). The number of hydrogen-bond acceptors (Lipinski definition) is 2. The largest absolute Gasteiger partial charge is 0.348 e. The molecule has 1 N–H and O–H groups in total. The summed E-state index contributed by atoms with van der Waals surface area (Å²) in [5.41, 5.74) is 0.364. The van der Waals surface area contributed by atoms with Gasteiger partial charge in [0.05, 0.1) is 12.1 Å². The van der Waals surface area contributed by atoms with E-state index in [0.717, 1.165) is 31.2 Å². The Hall–Kier alpha value is -1.50. The third kappa shape index (κ3) is 3.71. The maximum Gasteiger partial charge on any atom is 0.238 e. The van der Waals surface area contributed by atoms with Crippen molar-refractivity contribution >= 4 is 29.1 Å². The number of halogens is 2. The van der Waals surface area contributed by atoms with Crippen molar-refractivity contribution < 1.29 is 4.79 Å². The van der Waals surface area contributed by atoms with Gasteiger partial charge in [0.25, 0.3) is 0 Å². The Labute approximate surface area is 147 Å². The van der Waals surface area contributed by atoms with Crippen LogP contribution in [0, 0.1) is 22.7 Å². The van der Waals surface area contributed by atoms with Crippen molar-refractivity contribution in [2.75, 3.05) is 0 Å². The number of carbonyl (C=O) groups is 1. The van der Waals surface area contributed by atoms with E-state index in [9.17, 15) is 10.1 Å². The highest BCUT2D eigenvalue weighted by Crippen LogP contribution is 2.45. The summed E-state index contributed by atoms with van der Waals surface area (Å²) < 4.78 is 0. The van der Waals surface area contributed by atoms with Crippen molar-refractivity contribution in [1.82, 2.24) is 5.32 Å². The molecule has 1 fully saturated rings. The summed E-state index contributed by atoms with van der Waals surface area (Å²) >= 11 is 12.1. The van der Waals surface area contributed by atoms with Crippen LogP contribution in [0.5, 0.6) is 0 Å². The zero-order valence-corrected chi connectivity index (χ0v) is 14.6. The van der Waals surface area contributed by atoms with Crippen LogP contribution < -0.4 is 5.32 Å². The van der Waals surface area contributed by atoms with E-state index in [0.29, 0.717) is 10.0 Å². The summed E-state index contributed by atoms with van der Waals surface area (Å²) in [7, 11) is 0. The Morgan fingerprint density at radius 1 is 1.43 bits per heavy atom. The van der Waals surface area contributed by atoms with E-state index >= 15 is 0 Å². The van der Waals surface area contributed by atoms with Crippen LogP contribution >= 0.6 is 23.2 Å². The normalized spacial score (nSPS) is 18.7. The smallest absolute Gasteiger partial charge is 0.238 e. The molecule has 1 aromatic carbocycles. The SMILES string of the molecule is C=CC1(C(C#N)C(=O)NC(C)c2ccc(Cl)cc2Cl)CCCC1. The van der Waals surface area contributed by atoms with E-state index in [-0.39, 0.29) is 11.9 Å². The van der Waals surface area contributed by atoms with Gasteiger partial charge in [-0.2, -0.15) is 5.26 Å². The third-order valence-electron chi connectivity index (χ3n) is 4.69. The second-order valence-electron chi connectivity index (χ2n) is 6.10. The van der Waals surface area contributed by atoms with Gasteiger partial charge >= 0.3 is 0 Å². The quantitative estimate of drug-likeness (QED) is 0.754. The fraction of sp³-hybridized carbons (Fsp3) is 0.444. The molecular weight excluding hydrogens is 331 g/mol. The van der Waals surface area contributed by atoms with Crippen LogP contribution in [0.25, 0.3) is 0 Å². The Morgan fingerprint density at radius 2 is 2.09 bits per heavy atom. The minimum atomic E-state index is -0.726. The highest BCUT2D eigenvalue weighted by molar-refractivity contribution is 6.35. The predicted octanol–water partition coefficient (Wildman–Crippen LogP) is 5.06. The Kier molecular flexibility index (Phi) is 5.73. The lowest BCUT2D eigenvalue weighted by molar-refractivity contribution is -0.126. The molecule has 0 spiro atoms. The molecule has 1 amide bonds. The molecule has 122 valence electrons. The molecule has 1 aromatic rings. The van der Waals surface area contributed by atoms with Gasteiger partial charge in [-0.1, -0.05) is 48.2 Å². The highest BCUT2D eigenvalue weighted by Gasteiger charge is 2.43. The standard InChI is InChI=1S/C18H20Cl2N2O/c1-3-18(8-4-5-9-18)15(11-21)17(23)22-12(2)14-7-6-13(19)10-16(14)20/h3,6-7,10,12,15H,1,4-5,8-9H2,2H3,(H,22,23). The number of nitriles is 1. The van der Waals surface area contributed by atoms with Crippen molar-refractivity contribution in [3.05, 3.63) is 46.5 Å². The number of allylic oxidation sites excluding steroid dienone is 1. The third-order valence-corrected chi connectivity index (χ3v) is 5.26. The molecule has 3 nitrogen and oxygen atoms in total. The van der Waals surface area contributed by atoms with Crippen LogP contribution in [0.4, 0.5) is 0 Å². The number of hydrogen-bond donors (Lipinski definition) is 1. The lowest BCUT2D eigenvalue weighted by atomic mass is 9.74. The summed E-state index contributed by atoms with van der Waals surface area (Å²) in [5.74, 6) is -0.996. The van der Waals surface area contributed by atoms with E-state index in [2.05, 4.69) is 18.0 Å². The van der Waals surface area contributed by atoms with Crippen LogP contribution in [0.15, 0.2) is 30.9 Å². The molecule has 1 aliphatic carbocycles.